The first-order chi connectivity index (χ1) is 11.3. The summed E-state index contributed by atoms with van der Waals surface area (Å²) in [6.45, 7) is 3.25. The van der Waals surface area contributed by atoms with Crippen molar-refractivity contribution in [2.45, 2.75) is 58.4 Å². The van der Waals surface area contributed by atoms with Gasteiger partial charge >= 0.3 is 0 Å². The molecule has 2 amide bonds. The van der Waals surface area contributed by atoms with Crippen LogP contribution in [0.1, 0.15) is 52.4 Å². The number of hydrogen-bond acceptors (Lipinski definition) is 2. The van der Waals surface area contributed by atoms with Crippen molar-refractivity contribution in [2.75, 3.05) is 5.32 Å². The summed E-state index contributed by atoms with van der Waals surface area (Å²) in [6, 6.07) is 4.98. The lowest BCUT2D eigenvalue weighted by atomic mass is 9.90. The predicted molar refractivity (Wildman–Crippen MR) is 98.5 cm³/mol. The molecular formula is C18H24Cl2N2O2. The molecule has 1 aromatic rings. The molecule has 1 aliphatic carbocycles. The van der Waals surface area contributed by atoms with E-state index in [1.165, 1.54) is 12.8 Å². The minimum atomic E-state index is -1.19. The van der Waals surface area contributed by atoms with Crippen LogP contribution < -0.4 is 10.6 Å². The SMILES string of the molecule is CC(C)(C(=O)Nc1ccc(Cl)cc1Cl)C(=O)NC1CCCCCC1. The van der Waals surface area contributed by atoms with E-state index in [0.29, 0.717) is 15.7 Å². The molecule has 2 N–H and O–H groups in total. The number of anilines is 1. The van der Waals surface area contributed by atoms with E-state index in [-0.39, 0.29) is 11.9 Å². The first kappa shape index (κ1) is 19.1. The van der Waals surface area contributed by atoms with Crippen molar-refractivity contribution >= 4 is 40.7 Å². The molecule has 0 unspecified atom stereocenters. The molecule has 132 valence electrons. The lowest BCUT2D eigenvalue weighted by molar-refractivity contribution is -0.138. The maximum absolute atomic E-state index is 12.6. The normalized spacial score (nSPS) is 16.3. The molecule has 0 aliphatic heterocycles. The first-order valence-electron chi connectivity index (χ1n) is 8.38. The smallest absolute Gasteiger partial charge is 0.239 e. The van der Waals surface area contributed by atoms with E-state index < -0.39 is 11.3 Å². The van der Waals surface area contributed by atoms with Gasteiger partial charge in [0, 0.05) is 11.1 Å². The van der Waals surface area contributed by atoms with E-state index in [9.17, 15) is 9.59 Å². The predicted octanol–water partition coefficient (Wildman–Crippen LogP) is 4.80. The molecule has 1 aromatic carbocycles. The summed E-state index contributed by atoms with van der Waals surface area (Å²) < 4.78 is 0. The Bertz CT molecular complexity index is 609. The zero-order valence-electron chi connectivity index (χ0n) is 14.1. The van der Waals surface area contributed by atoms with Crippen LogP contribution in [-0.2, 0) is 9.59 Å². The van der Waals surface area contributed by atoms with E-state index in [2.05, 4.69) is 10.6 Å². The van der Waals surface area contributed by atoms with Gasteiger partial charge in [-0.2, -0.15) is 0 Å². The average molecular weight is 371 g/mol. The fourth-order valence-electron chi connectivity index (χ4n) is 2.76. The van der Waals surface area contributed by atoms with Gasteiger partial charge in [-0.15, -0.1) is 0 Å². The second kappa shape index (κ2) is 8.21. The van der Waals surface area contributed by atoms with Gasteiger partial charge in [-0.1, -0.05) is 48.9 Å². The van der Waals surface area contributed by atoms with Crippen LogP contribution in [0.3, 0.4) is 0 Å². The standard InChI is InChI=1S/C18H24Cl2N2O2/c1-18(2,16(23)21-13-7-5-3-4-6-8-13)17(24)22-15-10-9-12(19)11-14(15)20/h9-11,13H,3-8H2,1-2H3,(H,21,23)(H,22,24). The molecule has 2 rings (SSSR count). The van der Waals surface area contributed by atoms with Crippen molar-refractivity contribution < 1.29 is 9.59 Å². The molecule has 0 bridgehead atoms. The van der Waals surface area contributed by atoms with Gasteiger partial charge in [0.2, 0.25) is 11.8 Å². The summed E-state index contributed by atoms with van der Waals surface area (Å²) in [5, 5.41) is 6.59. The van der Waals surface area contributed by atoms with Crippen LogP contribution in [0.2, 0.25) is 10.0 Å². The van der Waals surface area contributed by atoms with Crippen LogP contribution in [0.15, 0.2) is 18.2 Å². The molecule has 0 atom stereocenters. The van der Waals surface area contributed by atoms with Crippen LogP contribution >= 0.6 is 23.2 Å². The van der Waals surface area contributed by atoms with Crippen LogP contribution in [0.25, 0.3) is 0 Å². The van der Waals surface area contributed by atoms with Gasteiger partial charge in [-0.05, 0) is 44.9 Å². The Morgan fingerprint density at radius 2 is 1.67 bits per heavy atom. The number of carbonyl (C=O) groups is 2. The largest absolute Gasteiger partial charge is 0.352 e. The summed E-state index contributed by atoms with van der Waals surface area (Å²) in [5.41, 5.74) is -0.740. The summed E-state index contributed by atoms with van der Waals surface area (Å²) in [4.78, 5) is 25.1. The lowest BCUT2D eigenvalue weighted by Gasteiger charge is -2.26. The molecule has 0 heterocycles. The maximum atomic E-state index is 12.6. The minimum Gasteiger partial charge on any atom is -0.352 e. The molecule has 0 aromatic heterocycles. The molecule has 1 aliphatic rings. The Kier molecular flexibility index (Phi) is 6.53. The zero-order chi connectivity index (χ0) is 17.7. The fraction of sp³-hybridized carbons (Fsp3) is 0.556. The van der Waals surface area contributed by atoms with Crippen LogP contribution in [0.4, 0.5) is 5.69 Å². The van der Waals surface area contributed by atoms with E-state index >= 15 is 0 Å². The summed E-state index contributed by atoms with van der Waals surface area (Å²) in [5.74, 6) is -0.644. The van der Waals surface area contributed by atoms with E-state index in [1.807, 2.05) is 0 Å². The topological polar surface area (TPSA) is 58.2 Å². The van der Waals surface area contributed by atoms with E-state index in [0.717, 1.165) is 25.7 Å². The van der Waals surface area contributed by atoms with E-state index in [4.69, 9.17) is 23.2 Å². The first-order valence-corrected chi connectivity index (χ1v) is 9.14. The molecule has 0 spiro atoms. The van der Waals surface area contributed by atoms with E-state index in [1.54, 1.807) is 32.0 Å². The fourth-order valence-corrected chi connectivity index (χ4v) is 3.22. The number of benzene rings is 1. The summed E-state index contributed by atoms with van der Waals surface area (Å²) in [7, 11) is 0. The Morgan fingerprint density at radius 1 is 1.04 bits per heavy atom. The highest BCUT2D eigenvalue weighted by Crippen LogP contribution is 2.28. The molecule has 1 saturated carbocycles. The molecule has 1 fully saturated rings. The van der Waals surface area contributed by atoms with Gasteiger partial charge in [0.05, 0.1) is 10.7 Å². The maximum Gasteiger partial charge on any atom is 0.239 e. The molecule has 0 radical (unpaired) electrons. The minimum absolute atomic E-state index is 0.159. The van der Waals surface area contributed by atoms with Crippen molar-refractivity contribution in [2.24, 2.45) is 5.41 Å². The van der Waals surface area contributed by atoms with Gasteiger partial charge in [0.1, 0.15) is 5.41 Å². The molecule has 4 nitrogen and oxygen atoms in total. The van der Waals surface area contributed by atoms with Crippen molar-refractivity contribution in [3.05, 3.63) is 28.2 Å². The molecule has 24 heavy (non-hydrogen) atoms. The molecular weight excluding hydrogens is 347 g/mol. The number of nitrogens with one attached hydrogen (secondary N) is 2. The third kappa shape index (κ3) is 4.87. The highest BCUT2D eigenvalue weighted by molar-refractivity contribution is 6.36. The van der Waals surface area contributed by atoms with Gasteiger partial charge in [-0.3, -0.25) is 9.59 Å². The Hall–Kier alpha value is -1.26. The van der Waals surface area contributed by atoms with Crippen LogP contribution in [0, 0.1) is 5.41 Å². The van der Waals surface area contributed by atoms with Crippen molar-refractivity contribution in [1.29, 1.82) is 0 Å². The molecule has 6 heteroatoms. The summed E-state index contributed by atoms with van der Waals surface area (Å²) in [6.07, 6.45) is 6.63. The quantitative estimate of drug-likeness (QED) is 0.590. The lowest BCUT2D eigenvalue weighted by Crippen LogP contribution is -2.48. The van der Waals surface area contributed by atoms with Gasteiger partial charge in [0.15, 0.2) is 0 Å². The van der Waals surface area contributed by atoms with Crippen molar-refractivity contribution in [1.82, 2.24) is 5.32 Å². The Balaban J connectivity index is 2.01. The highest BCUT2D eigenvalue weighted by atomic mass is 35.5. The number of halogens is 2. The number of carbonyl (C=O) groups excluding carboxylic acids is 2. The van der Waals surface area contributed by atoms with Gasteiger partial charge < -0.3 is 10.6 Å². The Labute approximate surface area is 153 Å². The van der Waals surface area contributed by atoms with Gasteiger partial charge in [0.25, 0.3) is 0 Å². The zero-order valence-corrected chi connectivity index (χ0v) is 15.6. The molecule has 0 saturated heterocycles. The van der Waals surface area contributed by atoms with Crippen LogP contribution in [-0.4, -0.2) is 17.9 Å². The third-order valence-corrected chi connectivity index (χ3v) is 5.05. The number of hydrogen-bond donors (Lipinski definition) is 2. The number of amides is 2. The monoisotopic (exact) mass is 370 g/mol. The summed E-state index contributed by atoms with van der Waals surface area (Å²) >= 11 is 11.9. The second-order valence-electron chi connectivity index (χ2n) is 6.87. The van der Waals surface area contributed by atoms with Crippen molar-refractivity contribution in [3.8, 4) is 0 Å². The highest BCUT2D eigenvalue weighted by Gasteiger charge is 2.37. The van der Waals surface area contributed by atoms with Crippen molar-refractivity contribution in [3.63, 3.8) is 0 Å². The van der Waals surface area contributed by atoms with Crippen LogP contribution in [0.5, 0.6) is 0 Å². The third-order valence-electron chi connectivity index (χ3n) is 4.51. The van der Waals surface area contributed by atoms with Gasteiger partial charge in [-0.25, -0.2) is 0 Å². The second-order valence-corrected chi connectivity index (χ2v) is 7.71. The number of rotatable bonds is 4. The Morgan fingerprint density at radius 3 is 2.25 bits per heavy atom. The average Bonchev–Trinajstić information content (AvgIpc) is 2.78.